The lowest BCUT2D eigenvalue weighted by atomic mass is 10.0. The molecule has 0 aromatic rings. The van der Waals surface area contributed by atoms with E-state index in [1.807, 2.05) is 0 Å². The van der Waals surface area contributed by atoms with Gasteiger partial charge in [-0.2, -0.15) is 0 Å². The first-order chi connectivity index (χ1) is 8.21. The maximum Gasteiger partial charge on any atom is 0.258 e. The summed E-state index contributed by atoms with van der Waals surface area (Å²) in [6, 6.07) is 0. The molecular weight excluding hydrogens is 216 g/mol. The molecule has 1 aliphatic carbocycles. The van der Waals surface area contributed by atoms with Crippen molar-refractivity contribution in [1.82, 2.24) is 0 Å². The second-order valence-corrected chi connectivity index (χ2v) is 5.02. The molecule has 1 fully saturated rings. The molecule has 0 unspecified atom stereocenters. The van der Waals surface area contributed by atoms with Crippen LogP contribution >= 0.6 is 0 Å². The second kappa shape index (κ2) is 2.94. The lowest BCUT2D eigenvalue weighted by Gasteiger charge is -2.24. The molecule has 0 amide bonds. The van der Waals surface area contributed by atoms with Crippen molar-refractivity contribution in [2.75, 3.05) is 13.2 Å². The van der Waals surface area contributed by atoms with E-state index in [0.717, 1.165) is 35.7 Å². The number of aliphatic imine (C=N–C) groups is 2. The molecule has 17 heavy (non-hydrogen) atoms. The highest BCUT2D eigenvalue weighted by Crippen LogP contribution is 2.53. The molecule has 88 valence electrons. The van der Waals surface area contributed by atoms with Crippen molar-refractivity contribution >= 4 is 11.4 Å². The first kappa shape index (κ1) is 9.74. The lowest BCUT2D eigenvalue weighted by molar-refractivity contribution is -0.0930. The molecule has 1 spiro atoms. The zero-order valence-corrected chi connectivity index (χ0v) is 10.0. The van der Waals surface area contributed by atoms with Crippen LogP contribution in [-0.4, -0.2) is 30.4 Å². The van der Waals surface area contributed by atoms with Gasteiger partial charge in [0, 0.05) is 24.3 Å². The zero-order chi connectivity index (χ0) is 11.6. The van der Waals surface area contributed by atoms with Gasteiger partial charge in [0.2, 0.25) is 0 Å². The van der Waals surface area contributed by atoms with Gasteiger partial charge < -0.3 is 9.47 Å². The summed E-state index contributed by atoms with van der Waals surface area (Å²) < 4.78 is 11.7. The summed E-state index contributed by atoms with van der Waals surface area (Å²) >= 11 is 0. The molecule has 4 nitrogen and oxygen atoms in total. The van der Waals surface area contributed by atoms with Gasteiger partial charge in [0.25, 0.3) is 5.79 Å². The van der Waals surface area contributed by atoms with Crippen molar-refractivity contribution in [2.24, 2.45) is 9.98 Å². The van der Waals surface area contributed by atoms with E-state index in [-0.39, 0.29) is 0 Å². The van der Waals surface area contributed by atoms with Gasteiger partial charge in [-0.25, -0.2) is 0 Å². The van der Waals surface area contributed by atoms with Gasteiger partial charge in [-0.1, -0.05) is 0 Å². The van der Waals surface area contributed by atoms with Crippen LogP contribution in [0.5, 0.6) is 0 Å². The van der Waals surface area contributed by atoms with E-state index in [4.69, 9.17) is 9.47 Å². The first-order valence-corrected chi connectivity index (χ1v) is 6.04. The molecule has 0 N–H and O–H groups in total. The molecule has 1 saturated heterocycles. The highest BCUT2D eigenvalue weighted by atomic mass is 16.7. The van der Waals surface area contributed by atoms with Crippen LogP contribution < -0.4 is 0 Å². The minimum absolute atomic E-state index is 0.622. The Morgan fingerprint density at radius 2 is 1.35 bits per heavy atom. The predicted octanol–water partition coefficient (Wildman–Crippen LogP) is 1.98. The van der Waals surface area contributed by atoms with E-state index in [9.17, 15) is 0 Å². The Morgan fingerprint density at radius 1 is 0.882 bits per heavy atom. The Bertz CT molecular complexity index is 502. The smallest absolute Gasteiger partial charge is 0.258 e. The molecule has 3 aliphatic heterocycles. The second-order valence-electron chi connectivity index (χ2n) is 5.02. The van der Waals surface area contributed by atoms with Crippen molar-refractivity contribution in [1.29, 1.82) is 0 Å². The van der Waals surface area contributed by atoms with Crippen molar-refractivity contribution in [3.63, 3.8) is 0 Å². The number of hydrogen-bond donors (Lipinski definition) is 0. The third kappa shape index (κ3) is 1.05. The quantitative estimate of drug-likeness (QED) is 0.638. The van der Waals surface area contributed by atoms with Crippen LogP contribution in [0.1, 0.15) is 26.7 Å². The van der Waals surface area contributed by atoms with Crippen LogP contribution in [0.15, 0.2) is 32.5 Å². The number of nitrogens with zero attached hydrogens (tertiary/aromatic N) is 2. The van der Waals surface area contributed by atoms with E-state index >= 15 is 0 Å². The number of fused-ring (bicyclic) bond motifs is 3. The SMILES string of the molecule is CC1=NC2=C(C1)C1=C(N=C(C)C1)C21OCCO1. The molecule has 0 aromatic carbocycles. The zero-order valence-electron chi connectivity index (χ0n) is 10.0. The van der Waals surface area contributed by atoms with Gasteiger partial charge in [0.05, 0.1) is 13.2 Å². The average Bonchev–Trinajstić information content (AvgIpc) is 2.96. The number of ether oxygens (including phenoxy) is 2. The van der Waals surface area contributed by atoms with Crippen molar-refractivity contribution in [3.8, 4) is 0 Å². The summed E-state index contributed by atoms with van der Waals surface area (Å²) in [6.45, 7) is 5.36. The summed E-state index contributed by atoms with van der Waals surface area (Å²) in [5.41, 5.74) is 6.80. The van der Waals surface area contributed by atoms with E-state index < -0.39 is 5.79 Å². The fourth-order valence-electron chi connectivity index (χ4n) is 3.12. The minimum Gasteiger partial charge on any atom is -0.337 e. The number of rotatable bonds is 0. The van der Waals surface area contributed by atoms with E-state index in [0.29, 0.717) is 13.2 Å². The average molecular weight is 230 g/mol. The Morgan fingerprint density at radius 3 is 1.82 bits per heavy atom. The molecule has 0 radical (unpaired) electrons. The molecule has 3 heterocycles. The molecule has 0 saturated carbocycles. The maximum atomic E-state index is 5.87. The monoisotopic (exact) mass is 230 g/mol. The van der Waals surface area contributed by atoms with Crippen molar-refractivity contribution in [2.45, 2.75) is 32.5 Å². The minimum atomic E-state index is -0.764. The molecule has 0 atom stereocenters. The summed E-state index contributed by atoms with van der Waals surface area (Å²) in [5, 5.41) is 0. The third-order valence-corrected chi connectivity index (χ3v) is 3.72. The van der Waals surface area contributed by atoms with E-state index in [2.05, 4.69) is 23.8 Å². The summed E-state index contributed by atoms with van der Waals surface area (Å²) in [4.78, 5) is 9.26. The molecule has 4 rings (SSSR count). The van der Waals surface area contributed by atoms with Gasteiger partial charge in [0.1, 0.15) is 11.4 Å². The van der Waals surface area contributed by atoms with Crippen LogP contribution in [0.25, 0.3) is 0 Å². The summed E-state index contributed by atoms with van der Waals surface area (Å²) in [5.74, 6) is -0.764. The highest BCUT2D eigenvalue weighted by Gasteiger charge is 2.55. The van der Waals surface area contributed by atoms with E-state index in [1.165, 1.54) is 11.1 Å². The third-order valence-electron chi connectivity index (χ3n) is 3.72. The summed E-state index contributed by atoms with van der Waals surface area (Å²) in [7, 11) is 0. The first-order valence-electron chi connectivity index (χ1n) is 6.04. The number of hydrogen-bond acceptors (Lipinski definition) is 4. The van der Waals surface area contributed by atoms with E-state index in [1.54, 1.807) is 0 Å². The predicted molar refractivity (Wildman–Crippen MR) is 64.1 cm³/mol. The maximum absolute atomic E-state index is 5.87. The van der Waals surface area contributed by atoms with Crippen LogP contribution in [0.2, 0.25) is 0 Å². The van der Waals surface area contributed by atoms with Gasteiger partial charge in [0.15, 0.2) is 0 Å². The normalized spacial score (nSPS) is 29.1. The van der Waals surface area contributed by atoms with Gasteiger partial charge in [-0.05, 0) is 25.0 Å². The Labute approximate surface area is 99.7 Å². The fraction of sp³-hybridized carbons (Fsp3) is 0.538. The summed E-state index contributed by atoms with van der Waals surface area (Å²) in [6.07, 6.45) is 1.84. The highest BCUT2D eigenvalue weighted by molar-refractivity contribution is 5.96. The lowest BCUT2D eigenvalue weighted by Crippen LogP contribution is -2.31. The fourth-order valence-corrected chi connectivity index (χ4v) is 3.12. The van der Waals surface area contributed by atoms with Crippen molar-refractivity contribution in [3.05, 3.63) is 22.5 Å². The van der Waals surface area contributed by atoms with Gasteiger partial charge >= 0.3 is 0 Å². The van der Waals surface area contributed by atoms with Gasteiger partial charge in [-0.15, -0.1) is 0 Å². The van der Waals surface area contributed by atoms with Crippen LogP contribution in [0.4, 0.5) is 0 Å². The Kier molecular flexibility index (Phi) is 1.69. The van der Waals surface area contributed by atoms with Crippen molar-refractivity contribution < 1.29 is 9.47 Å². The number of allylic oxidation sites excluding steroid dienone is 2. The molecule has 0 bridgehead atoms. The molecular formula is C13H14N2O2. The molecule has 0 aromatic heterocycles. The van der Waals surface area contributed by atoms with Gasteiger partial charge in [-0.3, -0.25) is 9.98 Å². The largest absolute Gasteiger partial charge is 0.337 e. The molecule has 4 aliphatic rings. The standard InChI is InChI=1S/C13H14N2O2/c1-7-5-9-10-6-8(2)15-12(10)13(11(9)14-7)16-3-4-17-13/h3-6H2,1-2H3. The Hall–Kier alpha value is -1.26. The topological polar surface area (TPSA) is 43.2 Å². The van der Waals surface area contributed by atoms with Crippen LogP contribution in [0, 0.1) is 0 Å². The van der Waals surface area contributed by atoms with Crippen LogP contribution in [-0.2, 0) is 9.47 Å². The Balaban J connectivity index is 1.90. The van der Waals surface area contributed by atoms with Crippen LogP contribution in [0.3, 0.4) is 0 Å². The molecule has 4 heteroatoms.